The first-order chi connectivity index (χ1) is 12.5. The SMILES string of the molecule is Cc1cc(C(=O)Nc2c(C)cccc2C)nc(NCc2ccncc2)n1. The van der Waals surface area contributed by atoms with Gasteiger partial charge in [0.25, 0.3) is 5.91 Å². The number of rotatable bonds is 5. The summed E-state index contributed by atoms with van der Waals surface area (Å²) in [4.78, 5) is 25.4. The highest BCUT2D eigenvalue weighted by Gasteiger charge is 2.13. The number of benzene rings is 1. The van der Waals surface area contributed by atoms with Gasteiger partial charge in [-0.2, -0.15) is 0 Å². The summed E-state index contributed by atoms with van der Waals surface area (Å²) in [5, 5.41) is 6.11. The molecule has 0 aliphatic rings. The smallest absolute Gasteiger partial charge is 0.274 e. The van der Waals surface area contributed by atoms with Crippen LogP contribution >= 0.6 is 0 Å². The second-order valence-electron chi connectivity index (χ2n) is 6.15. The summed E-state index contributed by atoms with van der Waals surface area (Å²) in [5.74, 6) is 0.174. The van der Waals surface area contributed by atoms with Gasteiger partial charge in [0.1, 0.15) is 5.69 Å². The van der Waals surface area contributed by atoms with Crippen molar-refractivity contribution in [1.82, 2.24) is 15.0 Å². The fourth-order valence-corrected chi connectivity index (χ4v) is 2.63. The van der Waals surface area contributed by atoms with E-state index < -0.39 is 0 Å². The molecule has 2 N–H and O–H groups in total. The number of amides is 1. The Morgan fingerprint density at radius 1 is 1.00 bits per heavy atom. The van der Waals surface area contributed by atoms with Gasteiger partial charge in [-0.15, -0.1) is 0 Å². The van der Waals surface area contributed by atoms with Crippen LogP contribution in [-0.2, 0) is 6.54 Å². The number of hydrogen-bond donors (Lipinski definition) is 2. The zero-order chi connectivity index (χ0) is 18.5. The predicted molar refractivity (Wildman–Crippen MR) is 102 cm³/mol. The van der Waals surface area contributed by atoms with E-state index in [2.05, 4.69) is 25.6 Å². The van der Waals surface area contributed by atoms with Crippen LogP contribution in [0.5, 0.6) is 0 Å². The van der Waals surface area contributed by atoms with Gasteiger partial charge in [0.05, 0.1) is 0 Å². The van der Waals surface area contributed by atoms with E-state index in [4.69, 9.17) is 0 Å². The van der Waals surface area contributed by atoms with E-state index >= 15 is 0 Å². The highest BCUT2D eigenvalue weighted by molar-refractivity contribution is 6.03. The molecule has 3 rings (SSSR count). The Labute approximate surface area is 152 Å². The molecule has 1 aromatic carbocycles. The maximum absolute atomic E-state index is 12.7. The number of pyridine rings is 1. The molecule has 1 amide bonds. The van der Waals surface area contributed by atoms with E-state index in [1.807, 2.05) is 51.1 Å². The van der Waals surface area contributed by atoms with Crippen LogP contribution in [0.3, 0.4) is 0 Å². The van der Waals surface area contributed by atoms with Gasteiger partial charge in [0.2, 0.25) is 5.95 Å². The number of anilines is 2. The Morgan fingerprint density at radius 2 is 1.69 bits per heavy atom. The lowest BCUT2D eigenvalue weighted by molar-refractivity contribution is 0.102. The number of aromatic nitrogens is 3. The quantitative estimate of drug-likeness (QED) is 0.736. The molecule has 0 bridgehead atoms. The monoisotopic (exact) mass is 347 g/mol. The Morgan fingerprint density at radius 3 is 2.38 bits per heavy atom. The number of para-hydroxylation sites is 1. The summed E-state index contributed by atoms with van der Waals surface area (Å²) < 4.78 is 0. The Balaban J connectivity index is 1.77. The van der Waals surface area contributed by atoms with Crippen LogP contribution in [0.15, 0.2) is 48.8 Å². The molecule has 6 heteroatoms. The average molecular weight is 347 g/mol. The topological polar surface area (TPSA) is 79.8 Å². The third kappa shape index (κ3) is 4.22. The number of aryl methyl sites for hydroxylation is 3. The minimum Gasteiger partial charge on any atom is -0.350 e. The maximum atomic E-state index is 12.7. The number of carbonyl (C=O) groups is 1. The molecule has 0 unspecified atom stereocenters. The molecule has 0 spiro atoms. The van der Waals surface area contributed by atoms with Gasteiger partial charge < -0.3 is 10.6 Å². The van der Waals surface area contributed by atoms with Gasteiger partial charge in [-0.25, -0.2) is 9.97 Å². The van der Waals surface area contributed by atoms with E-state index in [1.165, 1.54) is 0 Å². The van der Waals surface area contributed by atoms with Crippen LogP contribution in [0.1, 0.15) is 32.9 Å². The molecule has 0 aliphatic heterocycles. The largest absolute Gasteiger partial charge is 0.350 e. The molecule has 0 radical (unpaired) electrons. The van der Waals surface area contributed by atoms with Gasteiger partial charge in [-0.05, 0) is 55.7 Å². The summed E-state index contributed by atoms with van der Waals surface area (Å²) in [6.45, 7) is 6.34. The fourth-order valence-electron chi connectivity index (χ4n) is 2.63. The van der Waals surface area contributed by atoms with Gasteiger partial charge in [-0.3, -0.25) is 9.78 Å². The third-order valence-corrected chi connectivity index (χ3v) is 4.01. The van der Waals surface area contributed by atoms with E-state index in [1.54, 1.807) is 18.5 Å². The van der Waals surface area contributed by atoms with E-state index in [0.29, 0.717) is 18.2 Å². The van der Waals surface area contributed by atoms with Crippen LogP contribution in [-0.4, -0.2) is 20.9 Å². The molecule has 0 atom stereocenters. The second kappa shape index (κ2) is 7.74. The van der Waals surface area contributed by atoms with Crippen molar-refractivity contribution >= 4 is 17.5 Å². The van der Waals surface area contributed by atoms with Crippen molar-refractivity contribution < 1.29 is 4.79 Å². The van der Waals surface area contributed by atoms with Gasteiger partial charge in [-0.1, -0.05) is 18.2 Å². The highest BCUT2D eigenvalue weighted by Crippen LogP contribution is 2.20. The normalized spacial score (nSPS) is 10.4. The third-order valence-electron chi connectivity index (χ3n) is 4.01. The summed E-state index contributed by atoms with van der Waals surface area (Å²) in [5.41, 5.74) is 4.97. The van der Waals surface area contributed by atoms with Crippen molar-refractivity contribution in [3.05, 3.63) is 76.9 Å². The number of nitrogens with one attached hydrogen (secondary N) is 2. The molecular formula is C20H21N5O. The molecular weight excluding hydrogens is 326 g/mol. The molecule has 0 aliphatic carbocycles. The van der Waals surface area contributed by atoms with Crippen LogP contribution < -0.4 is 10.6 Å². The second-order valence-corrected chi connectivity index (χ2v) is 6.15. The lowest BCUT2D eigenvalue weighted by atomic mass is 10.1. The molecule has 0 fully saturated rings. The summed E-state index contributed by atoms with van der Waals surface area (Å²) in [6.07, 6.45) is 3.47. The Hall–Kier alpha value is -3.28. The van der Waals surface area contributed by atoms with Gasteiger partial charge in [0, 0.05) is 30.3 Å². The van der Waals surface area contributed by atoms with Crippen LogP contribution in [0.2, 0.25) is 0 Å². The molecule has 0 saturated heterocycles. The first-order valence-corrected chi connectivity index (χ1v) is 8.39. The van der Waals surface area contributed by atoms with Crippen LogP contribution in [0.4, 0.5) is 11.6 Å². The van der Waals surface area contributed by atoms with Crippen molar-refractivity contribution in [2.75, 3.05) is 10.6 Å². The first-order valence-electron chi connectivity index (χ1n) is 8.39. The molecule has 3 aromatic rings. The number of hydrogen-bond acceptors (Lipinski definition) is 5. The lowest BCUT2D eigenvalue weighted by Crippen LogP contribution is -2.17. The van der Waals surface area contributed by atoms with E-state index in [9.17, 15) is 4.79 Å². The Kier molecular flexibility index (Phi) is 5.22. The van der Waals surface area contributed by atoms with E-state index in [0.717, 1.165) is 28.1 Å². The molecule has 0 saturated carbocycles. The van der Waals surface area contributed by atoms with Crippen LogP contribution in [0, 0.1) is 20.8 Å². The summed E-state index contributed by atoms with van der Waals surface area (Å²) in [7, 11) is 0. The number of nitrogens with zero attached hydrogens (tertiary/aromatic N) is 3. The maximum Gasteiger partial charge on any atom is 0.274 e. The van der Waals surface area contributed by atoms with E-state index in [-0.39, 0.29) is 5.91 Å². The highest BCUT2D eigenvalue weighted by atomic mass is 16.1. The zero-order valence-corrected chi connectivity index (χ0v) is 15.1. The summed E-state index contributed by atoms with van der Waals surface area (Å²) >= 11 is 0. The van der Waals surface area contributed by atoms with Crippen molar-refractivity contribution in [3.8, 4) is 0 Å². The lowest BCUT2D eigenvalue weighted by Gasteiger charge is -2.12. The zero-order valence-electron chi connectivity index (χ0n) is 15.1. The molecule has 2 aromatic heterocycles. The van der Waals surface area contributed by atoms with Crippen molar-refractivity contribution in [1.29, 1.82) is 0 Å². The molecule has 6 nitrogen and oxygen atoms in total. The van der Waals surface area contributed by atoms with Crippen molar-refractivity contribution in [2.24, 2.45) is 0 Å². The van der Waals surface area contributed by atoms with Crippen LogP contribution in [0.25, 0.3) is 0 Å². The Bertz CT molecular complexity index is 904. The first kappa shape index (κ1) is 17.5. The van der Waals surface area contributed by atoms with Crippen molar-refractivity contribution in [2.45, 2.75) is 27.3 Å². The standard InChI is InChI=1S/C20H21N5O/c1-13-5-4-6-14(2)18(13)25-19(26)17-11-15(3)23-20(24-17)22-12-16-7-9-21-10-8-16/h4-11H,12H2,1-3H3,(H,25,26)(H,22,23,24). The minimum absolute atomic E-state index is 0.250. The van der Waals surface area contributed by atoms with Crippen molar-refractivity contribution in [3.63, 3.8) is 0 Å². The predicted octanol–water partition coefficient (Wildman–Crippen LogP) is 3.66. The minimum atomic E-state index is -0.250. The fraction of sp³-hybridized carbons (Fsp3) is 0.200. The molecule has 2 heterocycles. The number of carbonyl (C=O) groups excluding carboxylic acids is 1. The van der Waals surface area contributed by atoms with Gasteiger partial charge in [0.15, 0.2) is 0 Å². The molecule has 26 heavy (non-hydrogen) atoms. The summed E-state index contributed by atoms with van der Waals surface area (Å²) in [6, 6.07) is 11.4. The molecule has 132 valence electrons. The van der Waals surface area contributed by atoms with Gasteiger partial charge >= 0.3 is 0 Å². The average Bonchev–Trinajstić information content (AvgIpc) is 2.63.